The van der Waals surface area contributed by atoms with Crippen LogP contribution in [0.1, 0.15) is 5.56 Å². The summed E-state index contributed by atoms with van der Waals surface area (Å²) in [5, 5.41) is 4.49. The highest BCUT2D eigenvalue weighted by atomic mass is 127. The number of rotatable bonds is 2. The lowest BCUT2D eigenvalue weighted by Gasteiger charge is -2.03. The zero-order chi connectivity index (χ0) is 10.8. The van der Waals surface area contributed by atoms with Gasteiger partial charge in [-0.1, -0.05) is 17.7 Å². The highest BCUT2D eigenvalue weighted by Crippen LogP contribution is 2.15. The molecule has 1 heterocycles. The van der Waals surface area contributed by atoms with E-state index in [-0.39, 0.29) is 5.82 Å². The standard InChI is InChI=1S/C10H7ClFIN2/c11-8-2-1-7(10(12)3-8)5-15-6-9(13)4-14-15/h1-4,6H,5H2. The van der Waals surface area contributed by atoms with Crippen LogP contribution in [0.4, 0.5) is 4.39 Å². The van der Waals surface area contributed by atoms with Gasteiger partial charge in [-0.3, -0.25) is 4.68 Å². The Morgan fingerprint density at radius 2 is 2.27 bits per heavy atom. The van der Waals surface area contributed by atoms with Crippen LogP contribution >= 0.6 is 34.2 Å². The van der Waals surface area contributed by atoms with E-state index >= 15 is 0 Å². The third-order valence-electron chi connectivity index (χ3n) is 1.95. The van der Waals surface area contributed by atoms with Gasteiger partial charge in [0.25, 0.3) is 0 Å². The van der Waals surface area contributed by atoms with Crippen LogP contribution in [0.25, 0.3) is 0 Å². The molecule has 0 atom stereocenters. The second-order valence-corrected chi connectivity index (χ2v) is 4.77. The van der Waals surface area contributed by atoms with Crippen LogP contribution in [0.5, 0.6) is 0 Å². The molecular formula is C10H7ClFIN2. The molecule has 0 saturated carbocycles. The summed E-state index contributed by atoms with van der Waals surface area (Å²) in [6.45, 7) is 0.423. The van der Waals surface area contributed by atoms with E-state index in [2.05, 4.69) is 27.7 Å². The Balaban J connectivity index is 2.24. The van der Waals surface area contributed by atoms with E-state index < -0.39 is 0 Å². The van der Waals surface area contributed by atoms with Gasteiger partial charge in [0, 0.05) is 16.8 Å². The maximum absolute atomic E-state index is 13.4. The van der Waals surface area contributed by atoms with Gasteiger partial charge in [0.15, 0.2) is 0 Å². The second kappa shape index (κ2) is 4.49. The highest BCUT2D eigenvalue weighted by molar-refractivity contribution is 14.1. The fraction of sp³-hybridized carbons (Fsp3) is 0.100. The van der Waals surface area contributed by atoms with Crippen molar-refractivity contribution < 1.29 is 4.39 Å². The second-order valence-electron chi connectivity index (χ2n) is 3.09. The summed E-state index contributed by atoms with van der Waals surface area (Å²) in [6, 6.07) is 4.66. The van der Waals surface area contributed by atoms with Crippen molar-refractivity contribution in [2.75, 3.05) is 0 Å². The molecule has 0 spiro atoms. The molecular weight excluding hydrogens is 329 g/mol. The SMILES string of the molecule is Fc1cc(Cl)ccc1Cn1cc(I)cn1. The van der Waals surface area contributed by atoms with Gasteiger partial charge >= 0.3 is 0 Å². The Kier molecular flexibility index (Phi) is 3.25. The minimum Gasteiger partial charge on any atom is -0.267 e. The van der Waals surface area contributed by atoms with E-state index in [4.69, 9.17) is 11.6 Å². The topological polar surface area (TPSA) is 17.8 Å². The molecule has 0 saturated heterocycles. The fourth-order valence-corrected chi connectivity index (χ4v) is 1.85. The summed E-state index contributed by atoms with van der Waals surface area (Å²) in [5.74, 6) is -0.298. The van der Waals surface area contributed by atoms with Gasteiger partial charge in [-0.25, -0.2) is 4.39 Å². The lowest BCUT2D eigenvalue weighted by molar-refractivity contribution is 0.585. The van der Waals surface area contributed by atoms with Gasteiger partial charge in [0.2, 0.25) is 0 Å². The number of nitrogens with zero attached hydrogens (tertiary/aromatic N) is 2. The number of hydrogen-bond donors (Lipinski definition) is 0. The monoisotopic (exact) mass is 336 g/mol. The molecule has 0 aliphatic rings. The summed E-state index contributed by atoms with van der Waals surface area (Å²) in [5.41, 5.74) is 0.582. The molecule has 2 nitrogen and oxygen atoms in total. The molecule has 0 unspecified atom stereocenters. The molecule has 0 amide bonds. The highest BCUT2D eigenvalue weighted by Gasteiger charge is 2.04. The van der Waals surface area contributed by atoms with Crippen LogP contribution in [-0.4, -0.2) is 9.78 Å². The van der Waals surface area contributed by atoms with Crippen molar-refractivity contribution in [3.8, 4) is 0 Å². The molecule has 0 fully saturated rings. The fourth-order valence-electron chi connectivity index (χ4n) is 1.25. The molecule has 78 valence electrons. The molecule has 15 heavy (non-hydrogen) atoms. The predicted molar refractivity (Wildman–Crippen MR) is 65.5 cm³/mol. The quantitative estimate of drug-likeness (QED) is 0.769. The Bertz CT molecular complexity index is 484. The van der Waals surface area contributed by atoms with Crippen molar-refractivity contribution in [2.45, 2.75) is 6.54 Å². The lowest BCUT2D eigenvalue weighted by atomic mass is 10.2. The first-order valence-corrected chi connectivity index (χ1v) is 5.73. The number of aromatic nitrogens is 2. The van der Waals surface area contributed by atoms with E-state index in [1.807, 2.05) is 6.20 Å². The van der Waals surface area contributed by atoms with Crippen LogP contribution in [0.2, 0.25) is 5.02 Å². The van der Waals surface area contributed by atoms with Crippen LogP contribution < -0.4 is 0 Å². The van der Waals surface area contributed by atoms with E-state index in [9.17, 15) is 4.39 Å². The number of halogens is 3. The Labute approximate surface area is 105 Å². The van der Waals surface area contributed by atoms with Crippen molar-refractivity contribution in [3.63, 3.8) is 0 Å². The zero-order valence-electron chi connectivity index (χ0n) is 7.62. The number of hydrogen-bond acceptors (Lipinski definition) is 1. The molecule has 0 bridgehead atoms. The van der Waals surface area contributed by atoms with Gasteiger partial charge < -0.3 is 0 Å². The summed E-state index contributed by atoms with van der Waals surface area (Å²) in [7, 11) is 0. The van der Waals surface area contributed by atoms with E-state index in [0.29, 0.717) is 17.1 Å². The molecule has 2 aromatic rings. The first kappa shape index (κ1) is 10.9. The minimum absolute atomic E-state index is 0.298. The summed E-state index contributed by atoms with van der Waals surface area (Å²) < 4.78 is 16.1. The van der Waals surface area contributed by atoms with Crippen LogP contribution in [0.3, 0.4) is 0 Å². The summed E-state index contributed by atoms with van der Waals surface area (Å²) >= 11 is 7.82. The minimum atomic E-state index is -0.298. The van der Waals surface area contributed by atoms with Crippen molar-refractivity contribution in [2.24, 2.45) is 0 Å². The first-order valence-electron chi connectivity index (χ1n) is 4.27. The molecule has 0 aliphatic carbocycles. The van der Waals surface area contributed by atoms with Gasteiger partial charge in [0.05, 0.1) is 16.3 Å². The van der Waals surface area contributed by atoms with Crippen LogP contribution in [-0.2, 0) is 6.54 Å². The molecule has 0 N–H and O–H groups in total. The van der Waals surface area contributed by atoms with E-state index in [1.54, 1.807) is 23.0 Å². The average Bonchev–Trinajstić information content (AvgIpc) is 2.56. The molecule has 1 aromatic heterocycles. The lowest BCUT2D eigenvalue weighted by Crippen LogP contribution is -2.02. The molecule has 1 aromatic carbocycles. The molecule has 0 radical (unpaired) electrons. The molecule has 2 rings (SSSR count). The average molecular weight is 337 g/mol. The molecule has 0 aliphatic heterocycles. The van der Waals surface area contributed by atoms with Crippen molar-refractivity contribution in [3.05, 3.63) is 50.6 Å². The van der Waals surface area contributed by atoms with E-state index in [0.717, 1.165) is 3.57 Å². The summed E-state index contributed by atoms with van der Waals surface area (Å²) in [4.78, 5) is 0. The maximum Gasteiger partial charge on any atom is 0.129 e. The third kappa shape index (κ3) is 2.69. The normalized spacial score (nSPS) is 10.6. The van der Waals surface area contributed by atoms with Crippen molar-refractivity contribution in [1.29, 1.82) is 0 Å². The largest absolute Gasteiger partial charge is 0.267 e. The van der Waals surface area contributed by atoms with Gasteiger partial charge in [0.1, 0.15) is 5.82 Å². The van der Waals surface area contributed by atoms with Crippen molar-refractivity contribution in [1.82, 2.24) is 9.78 Å². The Morgan fingerprint density at radius 1 is 1.47 bits per heavy atom. The third-order valence-corrected chi connectivity index (χ3v) is 2.74. The van der Waals surface area contributed by atoms with Gasteiger partial charge in [-0.15, -0.1) is 0 Å². The Morgan fingerprint density at radius 3 is 2.87 bits per heavy atom. The van der Waals surface area contributed by atoms with Crippen LogP contribution in [0.15, 0.2) is 30.6 Å². The zero-order valence-corrected chi connectivity index (χ0v) is 10.5. The smallest absolute Gasteiger partial charge is 0.129 e. The maximum atomic E-state index is 13.4. The van der Waals surface area contributed by atoms with Gasteiger partial charge in [-0.2, -0.15) is 5.10 Å². The van der Waals surface area contributed by atoms with E-state index in [1.165, 1.54) is 6.07 Å². The predicted octanol–water partition coefficient (Wildman–Crippen LogP) is 3.33. The Hall–Kier alpha value is -0.620. The summed E-state index contributed by atoms with van der Waals surface area (Å²) in [6.07, 6.45) is 3.59. The van der Waals surface area contributed by atoms with Crippen LogP contribution in [0, 0.1) is 9.39 Å². The molecule has 5 heteroatoms. The number of benzene rings is 1. The van der Waals surface area contributed by atoms with Crippen molar-refractivity contribution >= 4 is 34.2 Å². The first-order chi connectivity index (χ1) is 7.15. The van der Waals surface area contributed by atoms with Gasteiger partial charge in [-0.05, 0) is 34.7 Å².